The maximum Gasteiger partial charge on any atom is 1.00 e. The second-order valence-corrected chi connectivity index (χ2v) is 0.862. The quantitative estimate of drug-likeness (QED) is 0.297. The summed E-state index contributed by atoms with van der Waals surface area (Å²) in [4.78, 5) is 0. The van der Waals surface area contributed by atoms with Gasteiger partial charge < -0.3 is 5.11 Å². The summed E-state index contributed by atoms with van der Waals surface area (Å²) in [6, 6.07) is 0. The topological polar surface area (TPSA) is 23.1 Å². The minimum Gasteiger partial charge on any atom is -0.794 e. The Morgan fingerprint density at radius 2 is 1.38 bits per heavy atom. The number of rotatable bonds is 1. The second kappa shape index (κ2) is 4.18. The van der Waals surface area contributed by atoms with Crippen molar-refractivity contribution in [2.24, 2.45) is 0 Å². The van der Waals surface area contributed by atoms with Gasteiger partial charge in [-0.05, 0) is 0 Å². The Kier molecular flexibility index (Phi) is 6.29. The molecule has 0 aromatic rings. The molecule has 8 heavy (non-hydrogen) atoms. The smallest absolute Gasteiger partial charge is 0.794 e. The first-order valence-corrected chi connectivity index (χ1v) is 1.31. The van der Waals surface area contributed by atoms with E-state index in [4.69, 9.17) is 5.11 Å². The summed E-state index contributed by atoms with van der Waals surface area (Å²) in [6.07, 6.45) is -9.17. The molecule has 0 heterocycles. The van der Waals surface area contributed by atoms with Gasteiger partial charge in [-0.1, -0.05) is 0 Å². The number of hydrogen-bond donors (Lipinski definition) is 0. The average Bonchev–Trinajstić information content (AvgIpc) is 1.31. The summed E-state index contributed by atoms with van der Waals surface area (Å²) >= 11 is 0. The molecule has 0 aromatic heterocycles. The van der Waals surface area contributed by atoms with Gasteiger partial charge in [0.2, 0.25) is 6.11 Å². The molecule has 0 aliphatic rings. The third-order valence-corrected chi connectivity index (χ3v) is 0.254. The molecular weight excluding hydrogens is 155 g/mol. The van der Waals surface area contributed by atoms with Crippen LogP contribution in [-0.4, -0.2) is 12.5 Å². The van der Waals surface area contributed by atoms with Crippen LogP contribution >= 0.6 is 0 Å². The van der Waals surface area contributed by atoms with E-state index < -0.39 is 12.5 Å². The Morgan fingerprint density at radius 3 is 1.38 bits per heavy atom. The number of hydrogen-bond acceptors (Lipinski definition) is 1. The van der Waals surface area contributed by atoms with Crippen molar-refractivity contribution in [2.45, 2.75) is 12.5 Å². The van der Waals surface area contributed by atoms with Gasteiger partial charge in [-0.25, -0.2) is 17.6 Å². The average molecular weight is 156 g/mol. The third kappa shape index (κ3) is 5.45. The molecule has 0 aromatic carbocycles. The van der Waals surface area contributed by atoms with Gasteiger partial charge in [0.05, 0.1) is 0 Å². The number of halogens is 4. The van der Waals surface area contributed by atoms with Crippen LogP contribution in [0.15, 0.2) is 0 Å². The SMILES string of the molecule is [K+].[O-]C(F)(F)C(F)F. The standard InChI is InChI=1S/C2HF4O.K/c3-1(4)2(5,6)7;/h1H;/q-1;+1. The summed E-state index contributed by atoms with van der Waals surface area (Å²) < 4.78 is 42.0. The van der Waals surface area contributed by atoms with Crippen LogP contribution in [0.2, 0.25) is 0 Å². The molecule has 0 saturated carbocycles. The van der Waals surface area contributed by atoms with Gasteiger partial charge in [0.25, 0.3) is 6.43 Å². The van der Waals surface area contributed by atoms with Crippen LogP contribution < -0.4 is 56.5 Å². The molecule has 0 saturated heterocycles. The maximum absolute atomic E-state index is 10.5. The molecule has 1 nitrogen and oxygen atoms in total. The first-order valence-electron chi connectivity index (χ1n) is 1.31. The molecule has 0 amide bonds. The molecule has 0 atom stereocenters. The van der Waals surface area contributed by atoms with Gasteiger partial charge in [-0.15, -0.1) is 0 Å². The zero-order valence-electron chi connectivity index (χ0n) is 4.00. The van der Waals surface area contributed by atoms with Crippen molar-refractivity contribution in [1.29, 1.82) is 0 Å². The molecule has 0 fully saturated rings. The fraction of sp³-hybridized carbons (Fsp3) is 1.00. The fourth-order valence-electron chi connectivity index (χ4n) is 0. The van der Waals surface area contributed by atoms with Crippen LogP contribution in [-0.2, 0) is 0 Å². The van der Waals surface area contributed by atoms with Gasteiger partial charge in [-0.3, -0.25) is 0 Å². The Balaban J connectivity index is 0. The number of alkyl halides is 4. The minimum atomic E-state index is -5.08. The molecule has 6 heteroatoms. The largest absolute Gasteiger partial charge is 1.00 e. The first kappa shape index (κ1) is 12.0. The Labute approximate surface area is 85.5 Å². The summed E-state index contributed by atoms with van der Waals surface area (Å²) in [5.41, 5.74) is 0. The monoisotopic (exact) mass is 156 g/mol. The molecule has 0 aliphatic carbocycles. The fourth-order valence-corrected chi connectivity index (χ4v) is 0. The van der Waals surface area contributed by atoms with Crippen molar-refractivity contribution in [3.05, 3.63) is 0 Å². The molecule has 0 rings (SSSR count). The summed E-state index contributed by atoms with van der Waals surface area (Å²) in [7, 11) is 0. The van der Waals surface area contributed by atoms with Crippen molar-refractivity contribution in [1.82, 2.24) is 0 Å². The van der Waals surface area contributed by atoms with Crippen LogP contribution in [0.5, 0.6) is 0 Å². The Bertz CT molecular complexity index is 59.5. The van der Waals surface area contributed by atoms with Crippen LogP contribution in [0.25, 0.3) is 0 Å². The molecule has 0 unspecified atom stereocenters. The van der Waals surface area contributed by atoms with Gasteiger partial charge >= 0.3 is 51.4 Å². The first-order chi connectivity index (χ1) is 2.94. The van der Waals surface area contributed by atoms with E-state index in [2.05, 4.69) is 0 Å². The van der Waals surface area contributed by atoms with Crippen molar-refractivity contribution in [3.63, 3.8) is 0 Å². The van der Waals surface area contributed by atoms with Crippen molar-refractivity contribution < 1.29 is 74.1 Å². The van der Waals surface area contributed by atoms with Gasteiger partial charge in [0, 0.05) is 0 Å². The van der Waals surface area contributed by atoms with E-state index in [0.717, 1.165) is 0 Å². The molecule has 0 spiro atoms. The molecule has 0 aliphatic heterocycles. The van der Waals surface area contributed by atoms with E-state index >= 15 is 0 Å². The zero-order valence-corrected chi connectivity index (χ0v) is 7.12. The summed E-state index contributed by atoms with van der Waals surface area (Å²) in [6.45, 7) is 0. The van der Waals surface area contributed by atoms with E-state index in [9.17, 15) is 17.6 Å². The van der Waals surface area contributed by atoms with Crippen LogP contribution in [0.3, 0.4) is 0 Å². The van der Waals surface area contributed by atoms with Crippen LogP contribution in [0.1, 0.15) is 0 Å². The van der Waals surface area contributed by atoms with Crippen molar-refractivity contribution in [3.8, 4) is 0 Å². The minimum absolute atomic E-state index is 0. The summed E-state index contributed by atoms with van der Waals surface area (Å²) in [5.74, 6) is 0. The van der Waals surface area contributed by atoms with E-state index in [1.165, 1.54) is 0 Å². The van der Waals surface area contributed by atoms with Crippen LogP contribution in [0, 0.1) is 0 Å². The van der Waals surface area contributed by atoms with E-state index in [1.807, 2.05) is 0 Å². The zero-order chi connectivity index (χ0) is 6.08. The summed E-state index contributed by atoms with van der Waals surface area (Å²) in [5, 5.41) is 8.72. The predicted octanol–water partition coefficient (Wildman–Crippen LogP) is -2.79. The molecule has 0 bridgehead atoms. The van der Waals surface area contributed by atoms with E-state index in [-0.39, 0.29) is 51.4 Å². The molecule has 44 valence electrons. The molecule has 0 N–H and O–H groups in total. The van der Waals surface area contributed by atoms with Crippen molar-refractivity contribution >= 4 is 0 Å². The van der Waals surface area contributed by atoms with Crippen molar-refractivity contribution in [2.75, 3.05) is 0 Å². The van der Waals surface area contributed by atoms with Gasteiger partial charge in [-0.2, -0.15) is 0 Å². The maximum atomic E-state index is 10.5. The van der Waals surface area contributed by atoms with Gasteiger partial charge in [0.15, 0.2) is 0 Å². The van der Waals surface area contributed by atoms with E-state index in [1.54, 1.807) is 0 Å². The molecule has 0 radical (unpaired) electrons. The normalized spacial score (nSPS) is 11.2. The van der Waals surface area contributed by atoms with Gasteiger partial charge in [0.1, 0.15) is 0 Å². The third-order valence-electron chi connectivity index (χ3n) is 0.254. The second-order valence-electron chi connectivity index (χ2n) is 0.862. The Hall–Kier alpha value is 1.32. The Morgan fingerprint density at radius 1 is 1.25 bits per heavy atom. The predicted molar refractivity (Wildman–Crippen MR) is 11.0 cm³/mol. The van der Waals surface area contributed by atoms with E-state index in [0.29, 0.717) is 0 Å². The van der Waals surface area contributed by atoms with Crippen LogP contribution in [0.4, 0.5) is 17.6 Å². The molecular formula is C2HF4KO.